The van der Waals surface area contributed by atoms with Crippen molar-refractivity contribution in [2.24, 2.45) is 0 Å². The van der Waals surface area contributed by atoms with E-state index >= 15 is 4.39 Å². The molecule has 1 fully saturated rings. The Labute approximate surface area is 237 Å². The Balaban J connectivity index is 0.00000302. The van der Waals surface area contributed by atoms with E-state index in [1.54, 1.807) is 30.7 Å². The van der Waals surface area contributed by atoms with Crippen LogP contribution in [0, 0.1) is 25.5 Å². The second-order valence-electron chi connectivity index (χ2n) is 10.8. The molecule has 4 heterocycles. The summed E-state index contributed by atoms with van der Waals surface area (Å²) in [5.41, 5.74) is 2.41. The van der Waals surface area contributed by atoms with Gasteiger partial charge in [0.1, 0.15) is 11.6 Å². The Bertz CT molecular complexity index is 1880. The van der Waals surface area contributed by atoms with E-state index in [2.05, 4.69) is 10.4 Å². The van der Waals surface area contributed by atoms with Crippen LogP contribution in [0.15, 0.2) is 47.7 Å². The topological polar surface area (TPSA) is 74.6 Å². The van der Waals surface area contributed by atoms with Crippen molar-refractivity contribution in [3.63, 3.8) is 0 Å². The van der Waals surface area contributed by atoms with Gasteiger partial charge in [-0.2, -0.15) is 19.0 Å². The third-order valence-electron chi connectivity index (χ3n) is 8.24. The summed E-state index contributed by atoms with van der Waals surface area (Å²) in [6.07, 6.45) is 5.92. The molecule has 5 aromatic rings. The van der Waals surface area contributed by atoms with Gasteiger partial charge in [-0.3, -0.25) is 9.13 Å². The molecular weight excluding hydrogens is 562 g/mol. The molecule has 0 saturated heterocycles. The summed E-state index contributed by atoms with van der Waals surface area (Å²) in [5, 5.41) is 12.0. The summed E-state index contributed by atoms with van der Waals surface area (Å²) in [4.78, 5) is 13.9. The maximum Gasteiger partial charge on any atom is 0.338 e. The molecule has 0 unspecified atom stereocenters. The van der Waals surface area contributed by atoms with Crippen LogP contribution in [-0.4, -0.2) is 35.2 Å². The van der Waals surface area contributed by atoms with Crippen LogP contribution in [0.25, 0.3) is 28.1 Å². The van der Waals surface area contributed by atoms with Crippen LogP contribution in [0.2, 0.25) is 0 Å². The Morgan fingerprint density at radius 2 is 1.73 bits per heavy atom. The number of nitrogens with zero attached hydrogens (tertiary/aromatic N) is 6. The first-order valence-corrected chi connectivity index (χ1v) is 13.0. The zero-order chi connectivity index (χ0) is 28.1. The van der Waals surface area contributed by atoms with E-state index in [0.717, 1.165) is 41.4 Å². The number of hydrogen-bond acceptors (Lipinski definition) is 4. The highest BCUT2D eigenvalue weighted by molar-refractivity contribution is 5.85. The molecule has 2 aromatic carbocycles. The minimum absolute atomic E-state index is 0. The molecule has 1 atom stereocenters. The van der Waals surface area contributed by atoms with Crippen LogP contribution in [0.1, 0.15) is 54.7 Å². The average Bonchev–Trinajstić information content (AvgIpc) is 3.23. The third kappa shape index (κ3) is 3.87. The molecule has 3 aromatic heterocycles. The number of rotatable bonds is 4. The summed E-state index contributed by atoms with van der Waals surface area (Å²) >= 11 is 0. The number of alkyl halides is 2. The molecule has 0 radical (unpaired) electrons. The molecule has 41 heavy (non-hydrogen) atoms. The van der Waals surface area contributed by atoms with Crippen LogP contribution in [-0.2, 0) is 5.41 Å². The molecule has 1 saturated carbocycles. The number of benzene rings is 2. The SMILES string of the molecule is Cc1cc(-n2nc3c(c2-n2ccn(-c4ccc5c(cnn5C(F)F)c4F)c2=O)[C@H](C)NCC32CC2)cc(C)c1F.Cl. The van der Waals surface area contributed by atoms with Gasteiger partial charge < -0.3 is 5.32 Å². The Hall–Kier alpha value is -3.90. The lowest BCUT2D eigenvalue weighted by atomic mass is 9.90. The van der Waals surface area contributed by atoms with E-state index in [-0.39, 0.29) is 46.3 Å². The quantitative estimate of drug-likeness (QED) is 0.279. The predicted octanol–water partition coefficient (Wildman–Crippen LogP) is 5.57. The maximum absolute atomic E-state index is 15.5. The van der Waals surface area contributed by atoms with Crippen molar-refractivity contribution in [1.29, 1.82) is 0 Å². The fraction of sp³-hybridized carbons (Fsp3) is 0.321. The van der Waals surface area contributed by atoms with Gasteiger partial charge in [-0.25, -0.2) is 22.9 Å². The van der Waals surface area contributed by atoms with E-state index in [9.17, 15) is 18.0 Å². The summed E-state index contributed by atoms with van der Waals surface area (Å²) < 4.78 is 61.3. The summed E-state index contributed by atoms with van der Waals surface area (Å²) in [6, 6.07) is 5.86. The second-order valence-corrected chi connectivity index (χ2v) is 10.8. The molecule has 0 amide bonds. The predicted molar refractivity (Wildman–Crippen MR) is 147 cm³/mol. The molecule has 7 rings (SSSR count). The van der Waals surface area contributed by atoms with E-state index in [1.165, 1.54) is 29.1 Å². The normalized spacial score (nSPS) is 17.3. The standard InChI is InChI=1S/C28H25F4N7O.ClH/c1-14-10-17(11-15(2)22(14)29)38-25(21-16(3)33-13-28(6-7-28)24(21)35-38)37-9-8-36(27(37)40)20-5-4-19-18(23(20)30)12-34-39(19)26(31)32;/h4-5,8-12,16,26,33H,6-7,13H2,1-3H3;1H/t16-;/m0./s1. The highest BCUT2D eigenvalue weighted by Gasteiger charge is 2.52. The van der Waals surface area contributed by atoms with Crippen LogP contribution in [0.5, 0.6) is 0 Å². The van der Waals surface area contributed by atoms with Gasteiger partial charge in [-0.15, -0.1) is 12.4 Å². The van der Waals surface area contributed by atoms with Gasteiger partial charge in [0.05, 0.1) is 34.2 Å². The third-order valence-corrected chi connectivity index (χ3v) is 8.24. The summed E-state index contributed by atoms with van der Waals surface area (Å²) in [6.45, 7) is 3.20. The zero-order valence-corrected chi connectivity index (χ0v) is 23.1. The maximum atomic E-state index is 15.5. The number of nitrogens with one attached hydrogen (secondary N) is 1. The first-order chi connectivity index (χ1) is 19.1. The van der Waals surface area contributed by atoms with Gasteiger partial charge in [-0.05, 0) is 69.0 Å². The Morgan fingerprint density at radius 1 is 1.05 bits per heavy atom. The lowest BCUT2D eigenvalue weighted by Crippen LogP contribution is -2.36. The molecule has 1 N–H and O–H groups in total. The lowest BCUT2D eigenvalue weighted by Gasteiger charge is -2.27. The summed E-state index contributed by atoms with van der Waals surface area (Å²) in [5.74, 6) is -0.654. The number of imidazole rings is 1. The van der Waals surface area contributed by atoms with E-state index in [4.69, 9.17) is 5.10 Å². The van der Waals surface area contributed by atoms with Crippen molar-refractivity contribution in [2.75, 3.05) is 6.54 Å². The van der Waals surface area contributed by atoms with Gasteiger partial charge >= 0.3 is 12.2 Å². The zero-order valence-electron chi connectivity index (χ0n) is 22.3. The van der Waals surface area contributed by atoms with Crippen molar-refractivity contribution in [3.8, 4) is 17.2 Å². The molecule has 8 nitrogen and oxygen atoms in total. The molecular formula is C28H26ClF4N7O. The van der Waals surface area contributed by atoms with Gasteiger partial charge in [-0.1, -0.05) is 0 Å². The van der Waals surface area contributed by atoms with Gasteiger partial charge in [0.15, 0.2) is 5.82 Å². The first kappa shape index (κ1) is 27.3. The average molecular weight is 588 g/mol. The molecule has 13 heteroatoms. The lowest BCUT2D eigenvalue weighted by molar-refractivity contribution is 0.0615. The number of aromatic nitrogens is 6. The molecule has 0 bridgehead atoms. The molecule has 214 valence electrons. The smallest absolute Gasteiger partial charge is 0.309 e. The molecule has 2 aliphatic rings. The highest BCUT2D eigenvalue weighted by atomic mass is 35.5. The number of aryl methyl sites for hydroxylation is 2. The van der Waals surface area contributed by atoms with Crippen molar-refractivity contribution in [2.45, 2.75) is 51.6 Å². The second kappa shape index (κ2) is 9.31. The van der Waals surface area contributed by atoms with Crippen LogP contribution < -0.4 is 11.0 Å². The van der Waals surface area contributed by atoms with Crippen LogP contribution >= 0.6 is 12.4 Å². The number of fused-ring (bicyclic) bond motifs is 3. The van der Waals surface area contributed by atoms with Crippen LogP contribution in [0.3, 0.4) is 0 Å². The van der Waals surface area contributed by atoms with E-state index < -0.39 is 18.1 Å². The van der Waals surface area contributed by atoms with Gasteiger partial charge in [0.25, 0.3) is 0 Å². The van der Waals surface area contributed by atoms with Crippen molar-refractivity contribution in [3.05, 3.63) is 87.4 Å². The van der Waals surface area contributed by atoms with Crippen molar-refractivity contribution < 1.29 is 17.6 Å². The van der Waals surface area contributed by atoms with E-state index in [0.29, 0.717) is 27.3 Å². The molecule has 1 aliphatic heterocycles. The largest absolute Gasteiger partial charge is 0.338 e. The minimum atomic E-state index is -2.93. The minimum Gasteiger partial charge on any atom is -0.309 e. The number of hydrogen-bond donors (Lipinski definition) is 1. The van der Waals surface area contributed by atoms with Crippen molar-refractivity contribution >= 4 is 23.3 Å². The Morgan fingerprint density at radius 3 is 2.39 bits per heavy atom. The van der Waals surface area contributed by atoms with E-state index in [1.807, 2.05) is 6.92 Å². The summed E-state index contributed by atoms with van der Waals surface area (Å²) in [7, 11) is 0. The molecule has 1 spiro atoms. The van der Waals surface area contributed by atoms with Crippen molar-refractivity contribution in [1.82, 2.24) is 34.0 Å². The fourth-order valence-electron chi connectivity index (χ4n) is 5.91. The monoisotopic (exact) mass is 587 g/mol. The Kier molecular flexibility index (Phi) is 6.20. The van der Waals surface area contributed by atoms with Gasteiger partial charge in [0.2, 0.25) is 0 Å². The van der Waals surface area contributed by atoms with Crippen LogP contribution in [0.4, 0.5) is 17.6 Å². The number of halogens is 5. The van der Waals surface area contributed by atoms with Gasteiger partial charge in [0, 0.05) is 36.0 Å². The fourth-order valence-corrected chi connectivity index (χ4v) is 5.91. The molecule has 1 aliphatic carbocycles. The highest BCUT2D eigenvalue weighted by Crippen LogP contribution is 2.53. The first-order valence-electron chi connectivity index (χ1n) is 13.0.